The maximum absolute atomic E-state index is 3.54. The van der Waals surface area contributed by atoms with Crippen molar-refractivity contribution in [2.45, 2.75) is 39.5 Å². The lowest BCUT2D eigenvalue weighted by atomic mass is 9.83. The van der Waals surface area contributed by atoms with Crippen molar-refractivity contribution in [2.24, 2.45) is 11.3 Å². The second kappa shape index (κ2) is 4.84. The number of likely N-dealkylation sites (tertiary alicyclic amines) is 1. The van der Waals surface area contributed by atoms with Crippen molar-refractivity contribution in [2.75, 3.05) is 32.7 Å². The number of rotatable bonds is 3. The van der Waals surface area contributed by atoms with Crippen LogP contribution in [-0.2, 0) is 0 Å². The van der Waals surface area contributed by atoms with Gasteiger partial charge in [0.1, 0.15) is 0 Å². The Kier molecular flexibility index (Phi) is 3.68. The van der Waals surface area contributed by atoms with Crippen molar-refractivity contribution in [1.29, 1.82) is 0 Å². The topological polar surface area (TPSA) is 15.3 Å². The molecule has 2 saturated heterocycles. The first-order chi connectivity index (χ1) is 7.24. The van der Waals surface area contributed by atoms with E-state index < -0.39 is 0 Å². The number of nitrogens with zero attached hydrogens (tertiary/aromatic N) is 1. The van der Waals surface area contributed by atoms with Crippen molar-refractivity contribution >= 4 is 0 Å². The summed E-state index contributed by atoms with van der Waals surface area (Å²) in [6.07, 6.45) is 5.57. The molecular formula is C13H26N2. The Morgan fingerprint density at radius 1 is 1.47 bits per heavy atom. The molecule has 0 aromatic carbocycles. The summed E-state index contributed by atoms with van der Waals surface area (Å²) < 4.78 is 0. The number of hydrogen-bond donors (Lipinski definition) is 1. The van der Waals surface area contributed by atoms with E-state index in [9.17, 15) is 0 Å². The third-order valence-corrected chi connectivity index (χ3v) is 4.38. The van der Waals surface area contributed by atoms with Crippen LogP contribution in [0.5, 0.6) is 0 Å². The summed E-state index contributed by atoms with van der Waals surface area (Å²) in [4.78, 5) is 2.71. The molecule has 0 spiro atoms. The van der Waals surface area contributed by atoms with E-state index in [-0.39, 0.29) is 0 Å². The third-order valence-electron chi connectivity index (χ3n) is 4.38. The first-order valence-electron chi connectivity index (χ1n) is 6.67. The monoisotopic (exact) mass is 210 g/mol. The zero-order chi connectivity index (χ0) is 10.7. The summed E-state index contributed by atoms with van der Waals surface area (Å²) >= 11 is 0. The molecular weight excluding hydrogens is 184 g/mol. The maximum atomic E-state index is 3.54. The summed E-state index contributed by atoms with van der Waals surface area (Å²) in [7, 11) is 0. The Bertz CT molecular complexity index is 197. The molecule has 0 aromatic rings. The highest BCUT2D eigenvalue weighted by atomic mass is 15.1. The molecule has 0 saturated carbocycles. The first-order valence-corrected chi connectivity index (χ1v) is 6.67. The molecule has 88 valence electrons. The Morgan fingerprint density at radius 3 is 2.93 bits per heavy atom. The van der Waals surface area contributed by atoms with Crippen molar-refractivity contribution in [3.63, 3.8) is 0 Å². The van der Waals surface area contributed by atoms with E-state index >= 15 is 0 Å². The van der Waals surface area contributed by atoms with Crippen LogP contribution in [0.3, 0.4) is 0 Å². The molecule has 2 unspecified atom stereocenters. The van der Waals surface area contributed by atoms with Gasteiger partial charge in [0.25, 0.3) is 0 Å². The van der Waals surface area contributed by atoms with Crippen LogP contribution in [0.4, 0.5) is 0 Å². The van der Waals surface area contributed by atoms with Crippen LogP contribution in [0.1, 0.15) is 39.5 Å². The van der Waals surface area contributed by atoms with Gasteiger partial charge in [0, 0.05) is 19.6 Å². The minimum atomic E-state index is 0.594. The lowest BCUT2D eigenvalue weighted by molar-refractivity contribution is 0.114. The smallest absolute Gasteiger partial charge is 0.00506 e. The summed E-state index contributed by atoms with van der Waals surface area (Å²) in [6.45, 7) is 11.2. The Balaban J connectivity index is 1.88. The van der Waals surface area contributed by atoms with Crippen LogP contribution in [0.15, 0.2) is 0 Å². The lowest BCUT2D eigenvalue weighted by Gasteiger charge is -2.38. The summed E-state index contributed by atoms with van der Waals surface area (Å²) in [5.74, 6) is 0.919. The molecule has 2 rings (SSSR count). The maximum Gasteiger partial charge on any atom is 0.00506 e. The average Bonchev–Trinajstić information content (AvgIpc) is 2.67. The highest BCUT2D eigenvalue weighted by Gasteiger charge is 2.34. The van der Waals surface area contributed by atoms with E-state index in [2.05, 4.69) is 24.1 Å². The second-order valence-electron chi connectivity index (χ2n) is 5.76. The predicted octanol–water partition coefficient (Wildman–Crippen LogP) is 2.11. The highest BCUT2D eigenvalue weighted by Crippen LogP contribution is 2.31. The zero-order valence-electron chi connectivity index (χ0n) is 10.4. The Morgan fingerprint density at radius 2 is 2.33 bits per heavy atom. The van der Waals surface area contributed by atoms with Crippen LogP contribution < -0.4 is 5.32 Å². The molecule has 2 aliphatic rings. The van der Waals surface area contributed by atoms with Crippen LogP contribution in [0.2, 0.25) is 0 Å². The van der Waals surface area contributed by atoms with E-state index in [0.29, 0.717) is 5.41 Å². The fourth-order valence-electron chi connectivity index (χ4n) is 3.25. The van der Waals surface area contributed by atoms with Gasteiger partial charge in [-0.15, -0.1) is 0 Å². The van der Waals surface area contributed by atoms with Crippen molar-refractivity contribution < 1.29 is 0 Å². The number of nitrogens with one attached hydrogen (secondary N) is 1. The summed E-state index contributed by atoms with van der Waals surface area (Å²) in [5, 5.41) is 3.54. The first kappa shape index (κ1) is 11.4. The molecule has 0 radical (unpaired) electrons. The largest absolute Gasteiger partial charge is 0.316 e. The van der Waals surface area contributed by atoms with Gasteiger partial charge in [-0.1, -0.05) is 13.8 Å². The molecule has 1 N–H and O–H groups in total. The van der Waals surface area contributed by atoms with E-state index in [1.54, 1.807) is 0 Å². The van der Waals surface area contributed by atoms with Gasteiger partial charge in [-0.3, -0.25) is 0 Å². The van der Waals surface area contributed by atoms with E-state index in [1.807, 2.05) is 0 Å². The third kappa shape index (κ3) is 2.73. The zero-order valence-corrected chi connectivity index (χ0v) is 10.4. The molecule has 2 atom stereocenters. The van der Waals surface area contributed by atoms with Crippen LogP contribution in [-0.4, -0.2) is 37.6 Å². The molecule has 0 bridgehead atoms. The van der Waals surface area contributed by atoms with E-state index in [4.69, 9.17) is 0 Å². The van der Waals surface area contributed by atoms with Gasteiger partial charge in [0.05, 0.1) is 0 Å². The van der Waals surface area contributed by atoms with E-state index in [1.165, 1.54) is 58.4 Å². The van der Waals surface area contributed by atoms with Crippen LogP contribution in [0.25, 0.3) is 0 Å². The van der Waals surface area contributed by atoms with Crippen molar-refractivity contribution in [1.82, 2.24) is 10.2 Å². The van der Waals surface area contributed by atoms with Gasteiger partial charge >= 0.3 is 0 Å². The van der Waals surface area contributed by atoms with Crippen molar-refractivity contribution in [3.8, 4) is 0 Å². The summed E-state index contributed by atoms with van der Waals surface area (Å²) in [6, 6.07) is 0. The molecule has 0 aliphatic carbocycles. The molecule has 2 heterocycles. The quantitative estimate of drug-likeness (QED) is 0.767. The standard InChI is InChI=1S/C13H26N2/c1-3-13(6-7-14-10-13)11-15-8-4-5-12(2)9-15/h12,14H,3-11H2,1-2H3. The molecule has 2 fully saturated rings. The number of hydrogen-bond acceptors (Lipinski definition) is 2. The van der Waals surface area contributed by atoms with Gasteiger partial charge < -0.3 is 10.2 Å². The lowest BCUT2D eigenvalue weighted by Crippen LogP contribution is -2.43. The Hall–Kier alpha value is -0.0800. The van der Waals surface area contributed by atoms with E-state index in [0.717, 1.165) is 5.92 Å². The fraction of sp³-hybridized carbons (Fsp3) is 1.00. The normalized spacial score (nSPS) is 38.4. The van der Waals surface area contributed by atoms with Gasteiger partial charge in [-0.25, -0.2) is 0 Å². The minimum Gasteiger partial charge on any atom is -0.316 e. The molecule has 2 heteroatoms. The van der Waals surface area contributed by atoms with Crippen molar-refractivity contribution in [3.05, 3.63) is 0 Å². The van der Waals surface area contributed by atoms with Gasteiger partial charge in [-0.2, -0.15) is 0 Å². The Labute approximate surface area is 94.4 Å². The number of piperidine rings is 1. The second-order valence-corrected chi connectivity index (χ2v) is 5.76. The predicted molar refractivity (Wildman–Crippen MR) is 65.0 cm³/mol. The van der Waals surface area contributed by atoms with Gasteiger partial charge in [0.2, 0.25) is 0 Å². The fourth-order valence-corrected chi connectivity index (χ4v) is 3.25. The highest BCUT2D eigenvalue weighted by molar-refractivity contribution is 4.90. The summed E-state index contributed by atoms with van der Waals surface area (Å²) in [5.41, 5.74) is 0.594. The molecule has 2 aliphatic heterocycles. The molecule has 0 amide bonds. The van der Waals surface area contributed by atoms with Crippen LogP contribution >= 0.6 is 0 Å². The molecule has 0 aromatic heterocycles. The SMILES string of the molecule is CCC1(CN2CCCC(C)C2)CCNC1. The van der Waals surface area contributed by atoms with Crippen LogP contribution in [0, 0.1) is 11.3 Å². The minimum absolute atomic E-state index is 0.594. The molecule has 2 nitrogen and oxygen atoms in total. The molecule has 15 heavy (non-hydrogen) atoms. The van der Waals surface area contributed by atoms with Gasteiger partial charge in [0.15, 0.2) is 0 Å². The van der Waals surface area contributed by atoms with Gasteiger partial charge in [-0.05, 0) is 50.1 Å². The average molecular weight is 210 g/mol.